The van der Waals surface area contributed by atoms with Gasteiger partial charge in [-0.3, -0.25) is 0 Å². The maximum atomic E-state index is 5.70. The monoisotopic (exact) mass is 211 g/mol. The lowest BCUT2D eigenvalue weighted by molar-refractivity contribution is 0.462. The van der Waals surface area contributed by atoms with Gasteiger partial charge in [-0.1, -0.05) is 19.3 Å². The van der Waals surface area contributed by atoms with Crippen LogP contribution in [-0.2, 0) is 0 Å². The first-order valence-electron chi connectivity index (χ1n) is 5.10. The topological polar surface area (TPSA) is 37.8 Å². The van der Waals surface area contributed by atoms with Gasteiger partial charge in [0.25, 0.3) is 0 Å². The molecule has 14 heavy (non-hydrogen) atoms. The van der Waals surface area contributed by atoms with E-state index in [4.69, 9.17) is 11.6 Å². The number of rotatable bonds is 2. The van der Waals surface area contributed by atoms with Crippen LogP contribution in [0, 0.1) is 0 Å². The lowest BCUT2D eigenvalue weighted by Crippen LogP contribution is -2.22. The fraction of sp³-hybridized carbons (Fsp3) is 0.600. The van der Waals surface area contributed by atoms with Crippen molar-refractivity contribution in [2.24, 2.45) is 0 Å². The van der Waals surface area contributed by atoms with E-state index < -0.39 is 0 Å². The van der Waals surface area contributed by atoms with Gasteiger partial charge in [0, 0.05) is 12.2 Å². The molecule has 1 aliphatic rings. The van der Waals surface area contributed by atoms with E-state index in [1.54, 1.807) is 6.20 Å². The maximum absolute atomic E-state index is 5.70. The largest absolute Gasteiger partial charge is 0.367 e. The molecule has 3 nitrogen and oxygen atoms in total. The molecule has 0 aliphatic heterocycles. The van der Waals surface area contributed by atoms with Crippen molar-refractivity contribution in [3.05, 3.63) is 17.5 Å². The van der Waals surface area contributed by atoms with E-state index in [0.717, 1.165) is 5.82 Å². The van der Waals surface area contributed by atoms with Gasteiger partial charge in [-0.25, -0.2) is 9.97 Å². The zero-order chi connectivity index (χ0) is 9.80. The first-order chi connectivity index (χ1) is 6.84. The van der Waals surface area contributed by atoms with E-state index in [9.17, 15) is 0 Å². The molecule has 0 radical (unpaired) electrons. The van der Waals surface area contributed by atoms with Crippen molar-refractivity contribution in [1.82, 2.24) is 9.97 Å². The molecule has 1 saturated carbocycles. The van der Waals surface area contributed by atoms with Crippen LogP contribution in [0.4, 0.5) is 5.82 Å². The van der Waals surface area contributed by atoms with Gasteiger partial charge in [-0.05, 0) is 30.5 Å². The summed E-state index contributed by atoms with van der Waals surface area (Å²) in [6.07, 6.45) is 8.15. The first kappa shape index (κ1) is 9.71. The zero-order valence-corrected chi connectivity index (χ0v) is 8.80. The summed E-state index contributed by atoms with van der Waals surface area (Å²) in [7, 11) is 0. The highest BCUT2D eigenvalue weighted by Crippen LogP contribution is 2.20. The van der Waals surface area contributed by atoms with E-state index in [0.29, 0.717) is 11.3 Å². The number of hydrogen-bond acceptors (Lipinski definition) is 3. The first-order valence-corrected chi connectivity index (χ1v) is 5.47. The highest BCUT2D eigenvalue weighted by molar-refractivity contribution is 6.28. The molecule has 4 heteroatoms. The molecule has 1 fully saturated rings. The molecule has 1 aromatic rings. The molecule has 0 aromatic carbocycles. The summed E-state index contributed by atoms with van der Waals surface area (Å²) in [6, 6.07) is 2.43. The lowest BCUT2D eigenvalue weighted by atomic mass is 9.95. The molecule has 76 valence electrons. The van der Waals surface area contributed by atoms with Crippen molar-refractivity contribution in [3.63, 3.8) is 0 Å². The standard InChI is InChI=1S/C10H14ClN3/c11-10-12-7-6-9(14-10)13-8-4-2-1-3-5-8/h6-8H,1-5H2,(H,12,13,14). The number of nitrogens with zero attached hydrogens (tertiary/aromatic N) is 2. The van der Waals surface area contributed by atoms with E-state index in [1.807, 2.05) is 6.07 Å². The Kier molecular flexibility index (Phi) is 3.19. The predicted molar refractivity (Wildman–Crippen MR) is 57.5 cm³/mol. The molecule has 0 spiro atoms. The summed E-state index contributed by atoms with van der Waals surface area (Å²) in [5.41, 5.74) is 0. The van der Waals surface area contributed by atoms with Gasteiger partial charge >= 0.3 is 0 Å². The smallest absolute Gasteiger partial charge is 0.224 e. The minimum absolute atomic E-state index is 0.311. The van der Waals surface area contributed by atoms with Crippen LogP contribution in [0.5, 0.6) is 0 Å². The number of nitrogens with one attached hydrogen (secondary N) is 1. The van der Waals surface area contributed by atoms with Crippen molar-refractivity contribution in [2.45, 2.75) is 38.1 Å². The Morgan fingerprint density at radius 1 is 1.29 bits per heavy atom. The fourth-order valence-corrected chi connectivity index (χ4v) is 2.02. The van der Waals surface area contributed by atoms with Crippen LogP contribution in [-0.4, -0.2) is 16.0 Å². The van der Waals surface area contributed by atoms with E-state index in [2.05, 4.69) is 15.3 Å². The Bertz CT molecular complexity index is 297. The summed E-state index contributed by atoms with van der Waals surface area (Å²) >= 11 is 5.70. The van der Waals surface area contributed by atoms with Gasteiger partial charge in [0.05, 0.1) is 0 Å². The van der Waals surface area contributed by atoms with Crippen molar-refractivity contribution in [3.8, 4) is 0 Å². The third-order valence-electron chi connectivity index (χ3n) is 2.58. The third-order valence-corrected chi connectivity index (χ3v) is 2.77. The zero-order valence-electron chi connectivity index (χ0n) is 8.04. The molecule has 1 N–H and O–H groups in total. The SMILES string of the molecule is Clc1nccc(NC2CCCCC2)n1. The second-order valence-electron chi connectivity index (χ2n) is 3.69. The molecule has 0 unspecified atom stereocenters. The molecule has 2 rings (SSSR count). The number of aromatic nitrogens is 2. The molecular weight excluding hydrogens is 198 g/mol. The highest BCUT2D eigenvalue weighted by atomic mass is 35.5. The van der Waals surface area contributed by atoms with Gasteiger partial charge in [0.1, 0.15) is 5.82 Å². The molecule has 1 heterocycles. The van der Waals surface area contributed by atoms with Gasteiger partial charge < -0.3 is 5.32 Å². The van der Waals surface area contributed by atoms with Crippen molar-refractivity contribution in [2.75, 3.05) is 5.32 Å². The second kappa shape index (κ2) is 4.60. The molecule has 1 aromatic heterocycles. The van der Waals surface area contributed by atoms with Gasteiger partial charge in [-0.2, -0.15) is 0 Å². The van der Waals surface area contributed by atoms with Crippen LogP contribution in [0.25, 0.3) is 0 Å². The Morgan fingerprint density at radius 3 is 2.79 bits per heavy atom. The average molecular weight is 212 g/mol. The summed E-state index contributed by atoms with van der Waals surface area (Å²) in [5.74, 6) is 0.844. The third kappa shape index (κ3) is 2.58. The number of anilines is 1. The van der Waals surface area contributed by atoms with Crippen LogP contribution >= 0.6 is 11.6 Å². The number of hydrogen-bond donors (Lipinski definition) is 1. The van der Waals surface area contributed by atoms with Gasteiger partial charge in [0.2, 0.25) is 5.28 Å². The van der Waals surface area contributed by atoms with Crippen molar-refractivity contribution < 1.29 is 0 Å². The van der Waals surface area contributed by atoms with Gasteiger partial charge in [-0.15, -0.1) is 0 Å². The molecule has 0 amide bonds. The summed E-state index contributed by atoms with van der Waals surface area (Å²) in [4.78, 5) is 7.96. The highest BCUT2D eigenvalue weighted by Gasteiger charge is 2.13. The normalized spacial score (nSPS) is 18.1. The minimum Gasteiger partial charge on any atom is -0.367 e. The van der Waals surface area contributed by atoms with Crippen molar-refractivity contribution >= 4 is 17.4 Å². The number of halogens is 1. The van der Waals surface area contributed by atoms with Crippen LogP contribution in [0.15, 0.2) is 12.3 Å². The summed E-state index contributed by atoms with van der Waals surface area (Å²) < 4.78 is 0. The van der Waals surface area contributed by atoms with Crippen LogP contribution in [0.1, 0.15) is 32.1 Å². The maximum Gasteiger partial charge on any atom is 0.224 e. The van der Waals surface area contributed by atoms with E-state index in [1.165, 1.54) is 32.1 Å². The molecular formula is C10H14ClN3. The second-order valence-corrected chi connectivity index (χ2v) is 4.03. The average Bonchev–Trinajstić information content (AvgIpc) is 2.19. The molecule has 0 atom stereocenters. The Morgan fingerprint density at radius 2 is 2.07 bits per heavy atom. The summed E-state index contributed by atoms with van der Waals surface area (Å²) in [5, 5.41) is 3.70. The van der Waals surface area contributed by atoms with Crippen LogP contribution in [0.3, 0.4) is 0 Å². The van der Waals surface area contributed by atoms with Gasteiger partial charge in [0.15, 0.2) is 0 Å². The Labute approximate surface area is 88.9 Å². The van der Waals surface area contributed by atoms with E-state index >= 15 is 0 Å². The van der Waals surface area contributed by atoms with Crippen molar-refractivity contribution in [1.29, 1.82) is 0 Å². The predicted octanol–water partition coefficient (Wildman–Crippen LogP) is 2.87. The molecule has 0 bridgehead atoms. The Hall–Kier alpha value is -0.830. The quantitative estimate of drug-likeness (QED) is 0.765. The lowest BCUT2D eigenvalue weighted by Gasteiger charge is -2.23. The van der Waals surface area contributed by atoms with E-state index in [-0.39, 0.29) is 0 Å². The molecule has 0 saturated heterocycles. The minimum atomic E-state index is 0.311. The van der Waals surface area contributed by atoms with Crippen LogP contribution in [0.2, 0.25) is 5.28 Å². The van der Waals surface area contributed by atoms with Crippen LogP contribution < -0.4 is 5.32 Å². The Balaban J connectivity index is 1.95. The molecule has 1 aliphatic carbocycles. The fourth-order valence-electron chi connectivity index (χ4n) is 1.87. The summed E-state index contributed by atoms with van der Waals surface area (Å²) in [6.45, 7) is 0.